The Hall–Kier alpha value is -3.65. The molecule has 0 radical (unpaired) electrons. The van der Waals surface area contributed by atoms with E-state index in [0.717, 1.165) is 11.3 Å². The number of nitrogen functional groups attached to an aromatic ring is 1. The SMILES string of the molecule is CC(C)(c1cccc(-c2ccccc2)c1)[C@H](/N=C/c1ccc(N)cc1)c1ccccc1. The summed E-state index contributed by atoms with van der Waals surface area (Å²) in [5.74, 6) is 0. The third-order valence-corrected chi connectivity index (χ3v) is 5.82. The van der Waals surface area contributed by atoms with Crippen LogP contribution in [0.2, 0.25) is 0 Å². The largest absolute Gasteiger partial charge is 0.399 e. The minimum Gasteiger partial charge on any atom is -0.399 e. The average Bonchev–Trinajstić information content (AvgIpc) is 2.82. The van der Waals surface area contributed by atoms with Gasteiger partial charge in [-0.1, -0.05) is 111 Å². The van der Waals surface area contributed by atoms with E-state index >= 15 is 0 Å². The quantitative estimate of drug-likeness (QED) is 0.271. The Morgan fingerprint density at radius 3 is 2.00 bits per heavy atom. The summed E-state index contributed by atoms with van der Waals surface area (Å²) in [7, 11) is 0. The van der Waals surface area contributed by atoms with Crippen molar-refractivity contribution in [1.29, 1.82) is 0 Å². The van der Waals surface area contributed by atoms with E-state index < -0.39 is 0 Å². The number of nitrogens with two attached hydrogens (primary N) is 1. The first-order valence-corrected chi connectivity index (χ1v) is 10.6. The molecule has 4 rings (SSSR count). The van der Waals surface area contributed by atoms with E-state index in [9.17, 15) is 0 Å². The number of anilines is 1. The summed E-state index contributed by atoms with van der Waals surface area (Å²) in [5, 5.41) is 0. The number of hydrogen-bond acceptors (Lipinski definition) is 2. The van der Waals surface area contributed by atoms with E-state index in [2.05, 4.69) is 92.7 Å². The van der Waals surface area contributed by atoms with Crippen molar-refractivity contribution < 1.29 is 0 Å². The Morgan fingerprint density at radius 1 is 0.710 bits per heavy atom. The van der Waals surface area contributed by atoms with Crippen molar-refractivity contribution in [2.75, 3.05) is 5.73 Å². The normalized spacial score (nSPS) is 12.7. The molecule has 0 aromatic heterocycles. The molecule has 154 valence electrons. The summed E-state index contributed by atoms with van der Waals surface area (Å²) in [5.41, 5.74) is 12.3. The molecule has 0 saturated heterocycles. The summed E-state index contributed by atoms with van der Waals surface area (Å²) in [4.78, 5) is 5.08. The minimum atomic E-state index is -0.212. The van der Waals surface area contributed by atoms with E-state index in [0.29, 0.717) is 0 Å². The van der Waals surface area contributed by atoms with Crippen molar-refractivity contribution in [3.63, 3.8) is 0 Å². The molecule has 0 aliphatic rings. The Labute approximate surface area is 185 Å². The summed E-state index contributed by atoms with van der Waals surface area (Å²) in [6, 6.07) is 37.7. The molecule has 0 fully saturated rings. The van der Waals surface area contributed by atoms with Gasteiger partial charge in [0.25, 0.3) is 0 Å². The predicted molar refractivity (Wildman–Crippen MR) is 133 cm³/mol. The zero-order chi connectivity index (χ0) is 21.7. The first-order valence-electron chi connectivity index (χ1n) is 10.6. The van der Waals surface area contributed by atoms with Gasteiger partial charge in [0, 0.05) is 17.3 Å². The van der Waals surface area contributed by atoms with Crippen LogP contribution in [0, 0.1) is 0 Å². The lowest BCUT2D eigenvalue weighted by molar-refractivity contribution is 0.424. The van der Waals surface area contributed by atoms with Gasteiger partial charge in [0.2, 0.25) is 0 Å². The molecule has 4 aromatic carbocycles. The van der Waals surface area contributed by atoms with Crippen LogP contribution in [0.4, 0.5) is 5.69 Å². The maximum atomic E-state index is 5.84. The van der Waals surface area contributed by atoms with Gasteiger partial charge in [-0.25, -0.2) is 0 Å². The molecular weight excluding hydrogens is 376 g/mol. The molecule has 31 heavy (non-hydrogen) atoms. The first kappa shape index (κ1) is 20.6. The maximum absolute atomic E-state index is 5.84. The molecule has 0 amide bonds. The van der Waals surface area contributed by atoms with Crippen molar-refractivity contribution in [3.05, 3.63) is 126 Å². The molecule has 2 nitrogen and oxygen atoms in total. The van der Waals surface area contributed by atoms with Gasteiger partial charge in [-0.2, -0.15) is 0 Å². The van der Waals surface area contributed by atoms with E-state index in [1.54, 1.807) is 0 Å². The molecule has 0 spiro atoms. The van der Waals surface area contributed by atoms with Crippen molar-refractivity contribution in [2.24, 2.45) is 4.99 Å². The molecule has 1 atom stereocenters. The number of hydrogen-bond donors (Lipinski definition) is 1. The van der Waals surface area contributed by atoms with Crippen LogP contribution in [0.5, 0.6) is 0 Å². The molecule has 0 bridgehead atoms. The minimum absolute atomic E-state index is 0.0303. The van der Waals surface area contributed by atoms with Gasteiger partial charge in [0.05, 0.1) is 6.04 Å². The fraction of sp³-hybridized carbons (Fsp3) is 0.138. The lowest BCUT2D eigenvalue weighted by atomic mass is 9.74. The first-order chi connectivity index (χ1) is 15.0. The lowest BCUT2D eigenvalue weighted by Gasteiger charge is -2.33. The molecule has 4 aromatic rings. The molecule has 0 saturated carbocycles. The van der Waals surface area contributed by atoms with Gasteiger partial charge in [0.1, 0.15) is 0 Å². The molecule has 0 aliphatic heterocycles. The number of benzene rings is 4. The number of rotatable bonds is 6. The predicted octanol–water partition coefficient (Wildman–Crippen LogP) is 7.07. The molecule has 0 unspecified atom stereocenters. The van der Waals surface area contributed by atoms with Crippen LogP contribution in [0.15, 0.2) is 114 Å². The van der Waals surface area contributed by atoms with Crippen LogP contribution in [0.25, 0.3) is 11.1 Å². The molecule has 2 heteroatoms. The summed E-state index contributed by atoms with van der Waals surface area (Å²) in [6.45, 7) is 4.55. The topological polar surface area (TPSA) is 38.4 Å². The fourth-order valence-corrected chi connectivity index (χ4v) is 3.96. The van der Waals surface area contributed by atoms with Gasteiger partial charge in [0.15, 0.2) is 0 Å². The molecular formula is C29H28N2. The van der Waals surface area contributed by atoms with E-state index in [-0.39, 0.29) is 11.5 Å². The van der Waals surface area contributed by atoms with Crippen LogP contribution >= 0.6 is 0 Å². The van der Waals surface area contributed by atoms with Gasteiger partial charge in [-0.3, -0.25) is 4.99 Å². The van der Waals surface area contributed by atoms with Crippen LogP contribution in [0.3, 0.4) is 0 Å². The maximum Gasteiger partial charge on any atom is 0.0840 e. The smallest absolute Gasteiger partial charge is 0.0840 e. The summed E-state index contributed by atoms with van der Waals surface area (Å²) >= 11 is 0. The monoisotopic (exact) mass is 404 g/mol. The standard InChI is InChI=1S/C29H28N2/c1-29(2,26-15-9-14-25(20-26)23-10-5-3-6-11-23)28(24-12-7-4-8-13-24)31-21-22-16-18-27(30)19-17-22/h3-21,28H,30H2,1-2H3/b31-21+/t28-/m1/s1. The van der Waals surface area contributed by atoms with Crippen LogP contribution in [-0.2, 0) is 5.41 Å². The second-order valence-electron chi connectivity index (χ2n) is 8.43. The van der Waals surface area contributed by atoms with Gasteiger partial charge < -0.3 is 5.73 Å². The Bertz CT molecular complexity index is 1140. The third-order valence-electron chi connectivity index (χ3n) is 5.82. The highest BCUT2D eigenvalue weighted by atomic mass is 14.8. The Balaban J connectivity index is 1.74. The van der Waals surface area contributed by atoms with E-state index in [1.807, 2.05) is 36.5 Å². The molecule has 0 aliphatic carbocycles. The average molecular weight is 405 g/mol. The second-order valence-corrected chi connectivity index (χ2v) is 8.43. The van der Waals surface area contributed by atoms with Gasteiger partial charge in [-0.05, 0) is 39.9 Å². The number of nitrogens with zero attached hydrogens (tertiary/aromatic N) is 1. The van der Waals surface area contributed by atoms with Crippen molar-refractivity contribution in [2.45, 2.75) is 25.3 Å². The summed E-state index contributed by atoms with van der Waals surface area (Å²) < 4.78 is 0. The van der Waals surface area contributed by atoms with E-state index in [1.165, 1.54) is 22.3 Å². The zero-order valence-electron chi connectivity index (χ0n) is 18.1. The number of aliphatic imine (C=N–C) groups is 1. The van der Waals surface area contributed by atoms with Gasteiger partial charge >= 0.3 is 0 Å². The van der Waals surface area contributed by atoms with Crippen molar-refractivity contribution in [3.8, 4) is 11.1 Å². The van der Waals surface area contributed by atoms with Crippen molar-refractivity contribution >= 4 is 11.9 Å². The lowest BCUT2D eigenvalue weighted by Crippen LogP contribution is -2.26. The fourth-order valence-electron chi connectivity index (χ4n) is 3.96. The molecule has 0 heterocycles. The third kappa shape index (κ3) is 4.75. The van der Waals surface area contributed by atoms with Gasteiger partial charge in [-0.15, -0.1) is 0 Å². The van der Waals surface area contributed by atoms with Crippen LogP contribution < -0.4 is 5.73 Å². The second kappa shape index (κ2) is 9.01. The highest BCUT2D eigenvalue weighted by molar-refractivity contribution is 5.80. The Morgan fingerprint density at radius 2 is 1.32 bits per heavy atom. The van der Waals surface area contributed by atoms with Crippen molar-refractivity contribution in [1.82, 2.24) is 0 Å². The zero-order valence-corrected chi connectivity index (χ0v) is 18.1. The highest BCUT2D eigenvalue weighted by Crippen LogP contribution is 2.40. The summed E-state index contributed by atoms with van der Waals surface area (Å²) in [6.07, 6.45) is 1.96. The highest BCUT2D eigenvalue weighted by Gasteiger charge is 2.32. The van der Waals surface area contributed by atoms with E-state index in [4.69, 9.17) is 10.7 Å². The molecule has 2 N–H and O–H groups in total. The van der Waals surface area contributed by atoms with Crippen LogP contribution in [0.1, 0.15) is 36.6 Å². The van der Waals surface area contributed by atoms with Crippen LogP contribution in [-0.4, -0.2) is 6.21 Å². The Kier molecular flexibility index (Phi) is 5.99.